The Morgan fingerprint density at radius 2 is 0.860 bits per heavy atom. The molecule has 210 valence electrons. The maximum Gasteiger partial charge on any atom is 0.335 e. The van der Waals surface area contributed by atoms with E-state index in [1.165, 1.54) is 72.8 Å². The Balaban J connectivity index is 1.15. The molecular weight excluding hydrogens is 558 g/mol. The van der Waals surface area contributed by atoms with Crippen molar-refractivity contribution in [1.82, 2.24) is 0 Å². The largest absolute Gasteiger partial charge is 0.478 e. The van der Waals surface area contributed by atoms with Crippen molar-refractivity contribution in [3.63, 3.8) is 0 Å². The van der Waals surface area contributed by atoms with E-state index in [4.69, 9.17) is 0 Å². The van der Waals surface area contributed by atoms with Crippen LogP contribution in [0.15, 0.2) is 84.9 Å². The maximum absolute atomic E-state index is 12.9. The minimum atomic E-state index is -1.23. The summed E-state index contributed by atoms with van der Waals surface area (Å²) in [5, 5.41) is 21.1. The maximum atomic E-state index is 12.9. The van der Waals surface area contributed by atoms with Crippen molar-refractivity contribution in [2.75, 3.05) is 15.1 Å². The van der Waals surface area contributed by atoms with Gasteiger partial charge in [0.05, 0.1) is 44.8 Å². The molecule has 2 aliphatic heterocycles. The van der Waals surface area contributed by atoms with Crippen molar-refractivity contribution in [3.05, 3.63) is 124 Å². The molecule has 0 aromatic heterocycles. The van der Waals surface area contributed by atoms with Gasteiger partial charge in [-0.3, -0.25) is 24.0 Å². The van der Waals surface area contributed by atoms with Gasteiger partial charge in [-0.05, 0) is 84.9 Å². The minimum absolute atomic E-state index is 0.0167. The van der Waals surface area contributed by atoms with Crippen LogP contribution in [0, 0.1) is 0 Å². The van der Waals surface area contributed by atoms with E-state index in [9.17, 15) is 43.8 Å². The van der Waals surface area contributed by atoms with E-state index in [-0.39, 0.29) is 50.3 Å². The quantitative estimate of drug-likeness (QED) is 0.287. The van der Waals surface area contributed by atoms with Gasteiger partial charge in [0, 0.05) is 11.3 Å². The fourth-order valence-corrected chi connectivity index (χ4v) is 4.88. The number of carbonyl (C=O) groups is 7. The van der Waals surface area contributed by atoms with E-state index in [1.807, 2.05) is 0 Å². The number of carboxylic acids is 2. The number of carbonyl (C=O) groups excluding carboxylic acids is 5. The van der Waals surface area contributed by atoms with E-state index < -0.39 is 41.5 Å². The molecule has 2 aliphatic rings. The monoisotopic (exact) mass is 575 g/mol. The summed E-state index contributed by atoms with van der Waals surface area (Å²) in [4.78, 5) is 88.6. The van der Waals surface area contributed by atoms with E-state index >= 15 is 0 Å². The standard InChI is InChI=1S/C31H17N3O9/c35-25(15-1-7-19(8-2-15)33-26(36)21-11-3-16(30(40)41)13-23(21)28(33)38)32-18-5-9-20(10-6-18)34-27(37)22-12-4-17(31(42)43)14-24(22)29(34)39/h1-14H,(H,32,35)(H,40,41)(H,42,43). The molecule has 12 heteroatoms. The first-order chi connectivity index (χ1) is 20.5. The Kier molecular flexibility index (Phi) is 6.16. The summed E-state index contributed by atoms with van der Waals surface area (Å²) in [5.41, 5.74) is 0.837. The van der Waals surface area contributed by atoms with Gasteiger partial charge in [-0.2, -0.15) is 0 Å². The highest BCUT2D eigenvalue weighted by Gasteiger charge is 2.38. The Morgan fingerprint density at radius 3 is 1.28 bits per heavy atom. The average Bonchev–Trinajstić information content (AvgIpc) is 3.40. The SMILES string of the molecule is O=C(O)c1ccc2c(c1)C(=O)N(c1ccc(NC(=O)c3ccc(N4C(=O)c5ccc(C(=O)O)cc5C4=O)cc3)cc1)C2=O. The van der Waals surface area contributed by atoms with Crippen LogP contribution in [0.25, 0.3) is 0 Å². The topological polar surface area (TPSA) is 178 Å². The molecule has 0 unspecified atom stereocenters. The van der Waals surface area contributed by atoms with Crippen LogP contribution in [0.5, 0.6) is 0 Å². The van der Waals surface area contributed by atoms with Crippen molar-refractivity contribution < 1.29 is 43.8 Å². The molecule has 0 fully saturated rings. The Bertz CT molecular complexity index is 1950. The second-order valence-corrected chi connectivity index (χ2v) is 9.57. The summed E-state index contributed by atoms with van der Waals surface area (Å²) >= 11 is 0. The number of hydrogen-bond donors (Lipinski definition) is 3. The molecule has 0 bridgehead atoms. The molecule has 0 saturated heterocycles. The first-order valence-corrected chi connectivity index (χ1v) is 12.6. The van der Waals surface area contributed by atoms with Gasteiger partial charge in [-0.25, -0.2) is 19.4 Å². The fourth-order valence-electron chi connectivity index (χ4n) is 4.88. The van der Waals surface area contributed by atoms with Crippen LogP contribution in [0.2, 0.25) is 0 Å². The summed E-state index contributed by atoms with van der Waals surface area (Å²) in [5.74, 6) is -5.54. The molecule has 5 amide bonds. The van der Waals surface area contributed by atoms with Crippen molar-refractivity contribution >= 4 is 58.5 Å². The predicted molar refractivity (Wildman–Crippen MR) is 150 cm³/mol. The van der Waals surface area contributed by atoms with Gasteiger partial charge in [-0.1, -0.05) is 0 Å². The predicted octanol–water partition coefficient (Wildman–Crippen LogP) is 3.94. The lowest BCUT2D eigenvalue weighted by Crippen LogP contribution is -2.29. The lowest BCUT2D eigenvalue weighted by atomic mass is 10.1. The highest BCUT2D eigenvalue weighted by Crippen LogP contribution is 2.31. The van der Waals surface area contributed by atoms with Crippen LogP contribution in [0.1, 0.15) is 72.5 Å². The molecule has 0 atom stereocenters. The first kappa shape index (κ1) is 26.8. The zero-order chi connectivity index (χ0) is 30.6. The van der Waals surface area contributed by atoms with Crippen LogP contribution in [0.3, 0.4) is 0 Å². The average molecular weight is 575 g/mol. The number of anilines is 3. The number of amides is 5. The van der Waals surface area contributed by atoms with Crippen LogP contribution >= 0.6 is 0 Å². The van der Waals surface area contributed by atoms with Crippen LogP contribution < -0.4 is 15.1 Å². The lowest BCUT2D eigenvalue weighted by Gasteiger charge is -2.15. The number of rotatable bonds is 6. The zero-order valence-electron chi connectivity index (χ0n) is 21.7. The van der Waals surface area contributed by atoms with Gasteiger partial charge in [0.25, 0.3) is 29.5 Å². The third-order valence-corrected chi connectivity index (χ3v) is 7.04. The number of nitrogens with zero attached hydrogens (tertiary/aromatic N) is 2. The van der Waals surface area contributed by atoms with E-state index in [0.717, 1.165) is 21.9 Å². The highest BCUT2D eigenvalue weighted by molar-refractivity contribution is 6.35. The number of hydrogen-bond acceptors (Lipinski definition) is 7. The molecule has 0 aliphatic carbocycles. The minimum Gasteiger partial charge on any atom is -0.478 e. The number of benzene rings is 4. The first-order valence-electron chi connectivity index (χ1n) is 12.6. The summed E-state index contributed by atoms with van der Waals surface area (Å²) < 4.78 is 0. The zero-order valence-corrected chi connectivity index (χ0v) is 21.7. The summed E-state index contributed by atoms with van der Waals surface area (Å²) in [6.45, 7) is 0. The van der Waals surface area contributed by atoms with Crippen LogP contribution in [-0.4, -0.2) is 51.7 Å². The van der Waals surface area contributed by atoms with Gasteiger partial charge in [0.2, 0.25) is 0 Å². The molecule has 2 heterocycles. The lowest BCUT2D eigenvalue weighted by molar-refractivity contribution is 0.0686. The van der Waals surface area contributed by atoms with Crippen LogP contribution in [-0.2, 0) is 0 Å². The Labute approximate surface area is 241 Å². The fraction of sp³-hybridized carbons (Fsp3) is 0. The summed E-state index contributed by atoms with van der Waals surface area (Å²) in [6.07, 6.45) is 0. The molecule has 43 heavy (non-hydrogen) atoms. The second kappa shape index (κ2) is 9.89. The number of aromatic carboxylic acids is 2. The van der Waals surface area contributed by atoms with E-state index in [2.05, 4.69) is 5.32 Å². The van der Waals surface area contributed by atoms with E-state index in [0.29, 0.717) is 5.69 Å². The van der Waals surface area contributed by atoms with Gasteiger partial charge in [-0.15, -0.1) is 0 Å². The van der Waals surface area contributed by atoms with Gasteiger partial charge < -0.3 is 15.5 Å². The third kappa shape index (κ3) is 4.39. The van der Waals surface area contributed by atoms with Crippen molar-refractivity contribution in [1.29, 1.82) is 0 Å². The molecule has 4 aromatic rings. The highest BCUT2D eigenvalue weighted by atomic mass is 16.4. The van der Waals surface area contributed by atoms with Crippen molar-refractivity contribution in [2.45, 2.75) is 0 Å². The van der Waals surface area contributed by atoms with Crippen LogP contribution in [0.4, 0.5) is 17.1 Å². The number of nitrogens with one attached hydrogen (secondary N) is 1. The molecule has 12 nitrogen and oxygen atoms in total. The van der Waals surface area contributed by atoms with Crippen molar-refractivity contribution in [2.24, 2.45) is 0 Å². The number of fused-ring (bicyclic) bond motifs is 2. The molecule has 4 aromatic carbocycles. The molecule has 0 saturated carbocycles. The van der Waals surface area contributed by atoms with Gasteiger partial charge in [0.15, 0.2) is 0 Å². The van der Waals surface area contributed by atoms with Crippen molar-refractivity contribution in [3.8, 4) is 0 Å². The number of imide groups is 2. The van der Waals surface area contributed by atoms with E-state index in [1.54, 1.807) is 0 Å². The van der Waals surface area contributed by atoms with Gasteiger partial charge in [0.1, 0.15) is 0 Å². The summed E-state index contributed by atoms with van der Waals surface area (Å²) in [6, 6.07) is 18.9. The second-order valence-electron chi connectivity index (χ2n) is 9.57. The molecule has 3 N–H and O–H groups in total. The normalized spacial score (nSPS) is 13.7. The smallest absolute Gasteiger partial charge is 0.335 e. The molecular formula is C31H17N3O9. The third-order valence-electron chi connectivity index (χ3n) is 7.04. The summed E-state index contributed by atoms with van der Waals surface area (Å²) in [7, 11) is 0. The Hall–Kier alpha value is -6.43. The molecule has 0 spiro atoms. The van der Waals surface area contributed by atoms with Gasteiger partial charge >= 0.3 is 11.9 Å². The molecule has 6 rings (SSSR count). The Morgan fingerprint density at radius 1 is 0.488 bits per heavy atom. The number of carboxylic acid groups (broad SMARTS) is 2. The molecule has 0 radical (unpaired) electrons.